The Morgan fingerprint density at radius 2 is 2.05 bits per heavy atom. The topological polar surface area (TPSA) is 46.3 Å². The maximum atomic E-state index is 13.0. The molecule has 1 aliphatic rings. The molecule has 1 aliphatic heterocycles. The molecule has 0 aliphatic carbocycles. The summed E-state index contributed by atoms with van der Waals surface area (Å²) in [6, 6.07) is 11.0. The molecule has 0 bridgehead atoms. The zero-order chi connectivity index (χ0) is 15.7. The minimum atomic E-state index is -0.00947. The van der Waals surface area contributed by atoms with Crippen molar-refractivity contribution in [3.05, 3.63) is 64.2 Å². The fourth-order valence-electron chi connectivity index (χ4n) is 2.72. The van der Waals surface area contributed by atoms with Crippen molar-refractivity contribution in [1.29, 1.82) is 0 Å². The Bertz CT molecular complexity index is 768. The van der Waals surface area contributed by atoms with E-state index >= 15 is 0 Å². The molecule has 2 aromatic carbocycles. The summed E-state index contributed by atoms with van der Waals surface area (Å²) in [4.78, 5) is 14.8. The van der Waals surface area contributed by atoms with Gasteiger partial charge in [0.25, 0.3) is 5.91 Å². The van der Waals surface area contributed by atoms with E-state index in [9.17, 15) is 4.79 Å². The Labute approximate surface area is 135 Å². The smallest absolute Gasteiger partial charge is 0.258 e. The number of hydrogen-bond donors (Lipinski definition) is 1. The van der Waals surface area contributed by atoms with Crippen molar-refractivity contribution in [3.63, 3.8) is 0 Å². The van der Waals surface area contributed by atoms with Crippen LogP contribution in [0.5, 0.6) is 0 Å². The minimum Gasteiger partial charge on any atom is -0.399 e. The highest BCUT2D eigenvalue weighted by Gasteiger charge is 2.22. The number of rotatable bonds is 1. The van der Waals surface area contributed by atoms with Gasteiger partial charge in [-0.1, -0.05) is 23.8 Å². The predicted molar refractivity (Wildman–Crippen MR) is 92.4 cm³/mol. The van der Waals surface area contributed by atoms with Crippen LogP contribution in [0.15, 0.2) is 42.5 Å². The highest BCUT2D eigenvalue weighted by atomic mass is 35.5. The van der Waals surface area contributed by atoms with E-state index in [0.29, 0.717) is 22.8 Å². The van der Waals surface area contributed by atoms with E-state index in [4.69, 9.17) is 17.3 Å². The van der Waals surface area contributed by atoms with Crippen LogP contribution < -0.4 is 10.6 Å². The molecule has 112 valence electrons. The monoisotopic (exact) mass is 312 g/mol. The van der Waals surface area contributed by atoms with Gasteiger partial charge in [0.05, 0.1) is 5.69 Å². The van der Waals surface area contributed by atoms with Crippen molar-refractivity contribution >= 4 is 35.0 Å². The molecule has 3 nitrogen and oxygen atoms in total. The van der Waals surface area contributed by atoms with Gasteiger partial charge in [0.1, 0.15) is 0 Å². The van der Waals surface area contributed by atoms with E-state index in [0.717, 1.165) is 23.2 Å². The summed E-state index contributed by atoms with van der Waals surface area (Å²) in [6.07, 6.45) is 4.90. The summed E-state index contributed by atoms with van der Waals surface area (Å²) >= 11 is 6.07. The molecule has 0 spiro atoms. The highest BCUT2D eigenvalue weighted by molar-refractivity contribution is 6.31. The van der Waals surface area contributed by atoms with Gasteiger partial charge in [0.2, 0.25) is 0 Å². The minimum absolute atomic E-state index is 0.00947. The average molecular weight is 313 g/mol. The second-order valence-electron chi connectivity index (χ2n) is 5.43. The second-order valence-corrected chi connectivity index (χ2v) is 5.86. The molecule has 0 aromatic heterocycles. The molecule has 2 aromatic rings. The van der Waals surface area contributed by atoms with Crippen LogP contribution in [0, 0.1) is 6.92 Å². The van der Waals surface area contributed by atoms with Crippen LogP contribution in [0.4, 0.5) is 11.4 Å². The molecule has 0 saturated heterocycles. The number of carbonyl (C=O) groups is 1. The van der Waals surface area contributed by atoms with Gasteiger partial charge in [0, 0.05) is 22.8 Å². The second kappa shape index (κ2) is 5.85. The van der Waals surface area contributed by atoms with Crippen molar-refractivity contribution in [2.24, 2.45) is 0 Å². The van der Waals surface area contributed by atoms with Crippen LogP contribution in [-0.2, 0) is 0 Å². The fourth-order valence-corrected chi connectivity index (χ4v) is 2.90. The first-order valence-corrected chi connectivity index (χ1v) is 7.58. The lowest BCUT2D eigenvalue weighted by atomic mass is 10.1. The first-order valence-electron chi connectivity index (χ1n) is 7.20. The lowest BCUT2D eigenvalue weighted by molar-refractivity contribution is 0.0987. The Morgan fingerprint density at radius 3 is 2.82 bits per heavy atom. The van der Waals surface area contributed by atoms with Gasteiger partial charge in [-0.25, -0.2) is 0 Å². The van der Waals surface area contributed by atoms with E-state index in [1.165, 1.54) is 0 Å². The number of halogens is 1. The van der Waals surface area contributed by atoms with Crippen molar-refractivity contribution in [2.45, 2.75) is 13.3 Å². The van der Waals surface area contributed by atoms with Gasteiger partial charge in [-0.15, -0.1) is 0 Å². The third-order valence-corrected chi connectivity index (χ3v) is 4.06. The summed E-state index contributed by atoms with van der Waals surface area (Å²) < 4.78 is 0. The maximum Gasteiger partial charge on any atom is 0.258 e. The Morgan fingerprint density at radius 1 is 1.23 bits per heavy atom. The molecule has 1 heterocycles. The number of anilines is 2. The molecule has 0 atom stereocenters. The molecule has 0 unspecified atom stereocenters. The van der Waals surface area contributed by atoms with Crippen LogP contribution in [0.25, 0.3) is 6.08 Å². The van der Waals surface area contributed by atoms with Crippen molar-refractivity contribution in [3.8, 4) is 0 Å². The lowest BCUT2D eigenvalue weighted by Gasteiger charge is -2.24. The number of hydrogen-bond acceptors (Lipinski definition) is 2. The van der Waals surface area contributed by atoms with E-state index in [2.05, 4.69) is 6.08 Å². The standard InChI is InChI=1S/C18H17ClN2O/c1-12-10-15(20)6-7-16(12)18(22)21-9-3-2-4-13-11-14(19)5-8-17(13)21/h2,4-8,10-11H,3,9,20H2,1H3. The van der Waals surface area contributed by atoms with Crippen LogP contribution >= 0.6 is 11.6 Å². The summed E-state index contributed by atoms with van der Waals surface area (Å²) in [5.74, 6) is -0.00947. The number of aryl methyl sites for hydroxylation is 1. The van der Waals surface area contributed by atoms with Gasteiger partial charge in [-0.05, 0) is 60.9 Å². The Hall–Kier alpha value is -2.26. The zero-order valence-electron chi connectivity index (χ0n) is 12.3. The first-order chi connectivity index (χ1) is 10.6. The molecule has 22 heavy (non-hydrogen) atoms. The number of nitrogens with zero attached hydrogens (tertiary/aromatic N) is 1. The quantitative estimate of drug-likeness (QED) is 0.798. The lowest BCUT2D eigenvalue weighted by Crippen LogP contribution is -2.32. The number of nitrogens with two attached hydrogens (primary N) is 1. The highest BCUT2D eigenvalue weighted by Crippen LogP contribution is 2.30. The van der Waals surface area contributed by atoms with E-state index in [1.807, 2.05) is 42.2 Å². The van der Waals surface area contributed by atoms with E-state index < -0.39 is 0 Å². The molecule has 0 radical (unpaired) electrons. The molecule has 4 heteroatoms. The molecular formula is C18H17ClN2O. The summed E-state index contributed by atoms with van der Waals surface area (Å²) in [7, 11) is 0. The summed E-state index contributed by atoms with van der Waals surface area (Å²) in [6.45, 7) is 2.55. The van der Waals surface area contributed by atoms with Gasteiger partial charge in [-0.3, -0.25) is 4.79 Å². The molecule has 0 fully saturated rings. The largest absolute Gasteiger partial charge is 0.399 e. The third-order valence-electron chi connectivity index (χ3n) is 3.82. The van der Waals surface area contributed by atoms with Crippen LogP contribution in [0.3, 0.4) is 0 Å². The SMILES string of the molecule is Cc1cc(N)ccc1C(=O)N1CCC=Cc2cc(Cl)ccc21. The number of nitrogen functional groups attached to an aromatic ring is 1. The molecular weight excluding hydrogens is 296 g/mol. The molecule has 2 N–H and O–H groups in total. The Balaban J connectivity index is 2.04. The van der Waals surface area contributed by atoms with Crippen molar-refractivity contribution < 1.29 is 4.79 Å². The molecule has 1 amide bonds. The average Bonchev–Trinajstić information content (AvgIpc) is 2.68. The number of carbonyl (C=O) groups excluding carboxylic acids is 1. The third kappa shape index (κ3) is 2.72. The van der Waals surface area contributed by atoms with Crippen molar-refractivity contribution in [2.75, 3.05) is 17.2 Å². The summed E-state index contributed by atoms with van der Waals surface area (Å²) in [5, 5.41) is 0.668. The van der Waals surface area contributed by atoms with Gasteiger partial charge >= 0.3 is 0 Å². The van der Waals surface area contributed by atoms with Crippen LogP contribution in [-0.4, -0.2) is 12.5 Å². The Kier molecular flexibility index (Phi) is 3.90. The fraction of sp³-hybridized carbons (Fsp3) is 0.167. The van der Waals surface area contributed by atoms with Crippen LogP contribution in [0.2, 0.25) is 5.02 Å². The van der Waals surface area contributed by atoms with Gasteiger partial charge in [0.15, 0.2) is 0 Å². The number of fused-ring (bicyclic) bond motifs is 1. The van der Waals surface area contributed by atoms with E-state index in [1.54, 1.807) is 12.1 Å². The van der Waals surface area contributed by atoms with Gasteiger partial charge in [-0.2, -0.15) is 0 Å². The normalized spacial score (nSPS) is 13.6. The zero-order valence-corrected chi connectivity index (χ0v) is 13.1. The van der Waals surface area contributed by atoms with Crippen LogP contribution in [0.1, 0.15) is 27.9 Å². The maximum absolute atomic E-state index is 13.0. The van der Waals surface area contributed by atoms with Crippen molar-refractivity contribution in [1.82, 2.24) is 0 Å². The van der Waals surface area contributed by atoms with E-state index in [-0.39, 0.29) is 5.91 Å². The predicted octanol–water partition coefficient (Wildman–Crippen LogP) is 4.29. The first kappa shape index (κ1) is 14.7. The van der Waals surface area contributed by atoms with Gasteiger partial charge < -0.3 is 10.6 Å². The summed E-state index contributed by atoms with van der Waals surface area (Å²) in [5.41, 5.74) is 9.86. The molecule has 3 rings (SSSR count). The number of amides is 1. The molecule has 0 saturated carbocycles. The number of benzene rings is 2.